The fourth-order valence-corrected chi connectivity index (χ4v) is 1.49. The van der Waals surface area contributed by atoms with Gasteiger partial charge < -0.3 is 9.53 Å². The fraction of sp³-hybridized carbons (Fsp3) is 0.619. The second-order valence-corrected chi connectivity index (χ2v) is 4.62. The molecule has 0 radical (unpaired) electrons. The number of carbonyl (C=O) groups is 2. The fourth-order valence-electron chi connectivity index (χ4n) is 1.49. The molecule has 0 atom stereocenters. The van der Waals surface area contributed by atoms with E-state index in [2.05, 4.69) is 0 Å². The van der Waals surface area contributed by atoms with E-state index in [9.17, 15) is 9.59 Å². The van der Waals surface area contributed by atoms with E-state index in [1.165, 1.54) is 19.8 Å². The van der Waals surface area contributed by atoms with Crippen molar-refractivity contribution in [3.63, 3.8) is 0 Å². The van der Waals surface area contributed by atoms with E-state index in [4.69, 9.17) is 4.74 Å². The van der Waals surface area contributed by atoms with Crippen molar-refractivity contribution in [2.24, 2.45) is 5.92 Å². The van der Waals surface area contributed by atoms with Crippen LogP contribution in [0.1, 0.15) is 80.2 Å². The molecule has 0 aromatic heterocycles. The first-order valence-electron chi connectivity index (χ1n) is 9.24. The first-order chi connectivity index (χ1) is 11.6. The van der Waals surface area contributed by atoms with Crippen molar-refractivity contribution < 1.29 is 14.3 Å². The highest BCUT2D eigenvalue weighted by atomic mass is 16.5. The van der Waals surface area contributed by atoms with Crippen LogP contribution in [0.4, 0.5) is 0 Å². The molecule has 3 nitrogen and oxygen atoms in total. The number of ketones is 1. The van der Waals surface area contributed by atoms with Crippen LogP contribution in [0.15, 0.2) is 30.3 Å². The maximum Gasteiger partial charge on any atom is 0.302 e. The average molecular weight is 339 g/mol. The molecule has 1 fully saturated rings. The molecule has 0 unspecified atom stereocenters. The number of hydrogen-bond donors (Lipinski definition) is 0. The highest BCUT2D eigenvalue weighted by Gasteiger charge is 2.22. The second kappa shape index (κ2) is 21.4. The van der Waals surface area contributed by atoms with Crippen LogP contribution in [0.25, 0.3) is 0 Å². The zero-order chi connectivity index (χ0) is 19.4. The number of Topliss-reactive ketones (excluding diaryl/α,β-unsaturated/α-hetero) is 1. The van der Waals surface area contributed by atoms with Crippen molar-refractivity contribution in [2.45, 2.75) is 81.3 Å². The molecular formula is C21H38O3. The van der Waals surface area contributed by atoms with Gasteiger partial charge in [0.05, 0.1) is 0 Å². The number of ether oxygens (including phenoxy) is 1. The van der Waals surface area contributed by atoms with Gasteiger partial charge in [-0.05, 0) is 31.2 Å². The van der Waals surface area contributed by atoms with Crippen LogP contribution in [0.3, 0.4) is 0 Å². The van der Waals surface area contributed by atoms with E-state index in [1.807, 2.05) is 71.9 Å². The van der Waals surface area contributed by atoms with Gasteiger partial charge in [0, 0.05) is 13.3 Å². The lowest BCUT2D eigenvalue weighted by molar-refractivity contribution is -0.142. The van der Waals surface area contributed by atoms with Gasteiger partial charge >= 0.3 is 5.97 Å². The Balaban J connectivity index is -0.000000293. The molecule has 0 saturated heterocycles. The minimum Gasteiger partial charge on any atom is -0.461 e. The van der Waals surface area contributed by atoms with Gasteiger partial charge in [0.15, 0.2) is 0 Å². The Hall–Kier alpha value is -1.64. The van der Waals surface area contributed by atoms with Gasteiger partial charge in [-0.3, -0.25) is 4.79 Å². The summed E-state index contributed by atoms with van der Waals surface area (Å²) in [6.07, 6.45) is 3.42. The maximum atomic E-state index is 10.4. The molecule has 0 aliphatic heterocycles. The third-order valence-electron chi connectivity index (χ3n) is 2.56. The normalized spacial score (nSPS) is 10.7. The topological polar surface area (TPSA) is 43.4 Å². The monoisotopic (exact) mass is 338 g/mol. The summed E-state index contributed by atoms with van der Waals surface area (Å²) in [6.45, 7) is 15.4. The largest absolute Gasteiger partial charge is 0.461 e. The van der Waals surface area contributed by atoms with Crippen LogP contribution in [0.2, 0.25) is 0 Å². The minimum atomic E-state index is -0.242. The Morgan fingerprint density at radius 3 is 1.67 bits per heavy atom. The van der Waals surface area contributed by atoms with E-state index in [0.29, 0.717) is 12.4 Å². The lowest BCUT2D eigenvalue weighted by Crippen LogP contribution is -1.97. The quantitative estimate of drug-likeness (QED) is 0.613. The van der Waals surface area contributed by atoms with Gasteiger partial charge in [-0.25, -0.2) is 0 Å². The van der Waals surface area contributed by atoms with Crippen molar-refractivity contribution in [1.29, 1.82) is 0 Å². The highest BCUT2D eigenvalue weighted by Crippen LogP contribution is 2.32. The number of benzene rings is 1. The Morgan fingerprint density at radius 2 is 1.38 bits per heavy atom. The summed E-state index contributed by atoms with van der Waals surface area (Å²) in [5.41, 5.74) is 1.02. The molecule has 0 N–H and O–H groups in total. The first kappa shape index (κ1) is 27.2. The molecule has 1 saturated carbocycles. The van der Waals surface area contributed by atoms with Crippen molar-refractivity contribution >= 4 is 11.8 Å². The Morgan fingerprint density at radius 1 is 0.917 bits per heavy atom. The number of rotatable bonds is 4. The van der Waals surface area contributed by atoms with Crippen molar-refractivity contribution in [3.05, 3.63) is 35.9 Å². The average Bonchev–Trinajstić information content (AvgIpc) is 3.43. The molecule has 1 aromatic rings. The van der Waals surface area contributed by atoms with Crippen LogP contribution >= 0.6 is 0 Å². The molecule has 1 aliphatic rings. The third kappa shape index (κ3) is 22.6. The van der Waals surface area contributed by atoms with Gasteiger partial charge in [0.25, 0.3) is 0 Å². The smallest absolute Gasteiger partial charge is 0.302 e. The van der Waals surface area contributed by atoms with E-state index in [0.717, 1.165) is 17.9 Å². The van der Waals surface area contributed by atoms with E-state index in [1.54, 1.807) is 6.92 Å². The molecule has 0 amide bonds. The van der Waals surface area contributed by atoms with Crippen molar-refractivity contribution in [3.8, 4) is 0 Å². The van der Waals surface area contributed by atoms with Gasteiger partial charge in [-0.1, -0.05) is 71.9 Å². The molecule has 1 aromatic carbocycles. The Kier molecular flexibility index (Phi) is 24.2. The Bertz CT molecular complexity index is 381. The summed E-state index contributed by atoms with van der Waals surface area (Å²) in [4.78, 5) is 20.7. The first-order valence-corrected chi connectivity index (χ1v) is 9.24. The minimum absolute atomic E-state index is 0.242. The predicted molar refractivity (Wildman–Crippen MR) is 104 cm³/mol. The van der Waals surface area contributed by atoms with E-state index in [-0.39, 0.29) is 5.97 Å². The van der Waals surface area contributed by atoms with Crippen LogP contribution in [-0.4, -0.2) is 11.8 Å². The molecule has 0 heterocycles. The molecule has 140 valence electrons. The number of hydrogen-bond acceptors (Lipinski definition) is 3. The molecular weight excluding hydrogens is 300 g/mol. The van der Waals surface area contributed by atoms with Gasteiger partial charge in [-0.2, -0.15) is 0 Å². The molecule has 2 rings (SSSR count). The van der Waals surface area contributed by atoms with E-state index >= 15 is 0 Å². The maximum absolute atomic E-state index is 10.4. The second-order valence-electron chi connectivity index (χ2n) is 4.62. The molecule has 0 spiro atoms. The number of esters is 1. The molecule has 0 bridgehead atoms. The van der Waals surface area contributed by atoms with Crippen LogP contribution < -0.4 is 0 Å². The molecule has 24 heavy (non-hydrogen) atoms. The highest BCUT2D eigenvalue weighted by molar-refractivity contribution is 5.75. The summed E-state index contributed by atoms with van der Waals surface area (Å²) >= 11 is 0. The summed E-state index contributed by atoms with van der Waals surface area (Å²) < 4.78 is 4.79. The summed E-state index contributed by atoms with van der Waals surface area (Å²) in [6, 6.07) is 9.60. The van der Waals surface area contributed by atoms with Crippen LogP contribution in [0, 0.1) is 5.92 Å². The van der Waals surface area contributed by atoms with E-state index < -0.39 is 0 Å². The third-order valence-corrected chi connectivity index (χ3v) is 2.56. The van der Waals surface area contributed by atoms with Gasteiger partial charge in [0.2, 0.25) is 0 Å². The zero-order valence-electron chi connectivity index (χ0n) is 17.0. The van der Waals surface area contributed by atoms with Gasteiger partial charge in [-0.15, -0.1) is 0 Å². The molecule has 1 aliphatic carbocycles. The van der Waals surface area contributed by atoms with Gasteiger partial charge in [0.1, 0.15) is 12.4 Å². The lowest BCUT2D eigenvalue weighted by Gasteiger charge is -1.99. The predicted octanol–water partition coefficient (Wildman–Crippen LogP) is 6.20. The van der Waals surface area contributed by atoms with Crippen molar-refractivity contribution in [2.75, 3.05) is 0 Å². The summed E-state index contributed by atoms with van der Waals surface area (Å²) in [5, 5.41) is 0. The number of carbonyl (C=O) groups excluding carboxylic acids is 2. The summed E-state index contributed by atoms with van der Waals surface area (Å²) in [7, 11) is 0. The molecule has 3 heteroatoms. The lowest BCUT2D eigenvalue weighted by atomic mass is 10.2. The zero-order valence-corrected chi connectivity index (χ0v) is 17.0. The van der Waals surface area contributed by atoms with Crippen molar-refractivity contribution in [1.82, 2.24) is 0 Å². The van der Waals surface area contributed by atoms with Crippen LogP contribution in [-0.2, 0) is 20.9 Å². The van der Waals surface area contributed by atoms with Crippen LogP contribution in [0.5, 0.6) is 0 Å². The standard InChI is InChI=1S/C9H10O2.C6H10O.3C2H6/c1-8(10)11-7-9-5-3-2-4-6-9;1-5(7)4-6-2-3-6;3*1-2/h2-6H,7H2,1H3;6H,2-4H2,1H3;3*1-2H3. The SMILES string of the molecule is CC.CC.CC.CC(=O)CC1CC1.CC(=O)OCc1ccccc1. The summed E-state index contributed by atoms with van der Waals surface area (Å²) in [5.74, 6) is 0.883. The Labute approximate surface area is 149 Å².